The maximum atomic E-state index is 5.84. The van der Waals surface area contributed by atoms with Gasteiger partial charge >= 0.3 is 0 Å². The predicted molar refractivity (Wildman–Crippen MR) is 59.2 cm³/mol. The van der Waals surface area contributed by atoms with Crippen LogP contribution in [0.3, 0.4) is 0 Å². The first kappa shape index (κ1) is 10.4. The van der Waals surface area contributed by atoms with Crippen LogP contribution in [0.4, 0.5) is 0 Å². The van der Waals surface area contributed by atoms with E-state index in [0.29, 0.717) is 6.04 Å². The summed E-state index contributed by atoms with van der Waals surface area (Å²) in [6.45, 7) is 7.06. The summed E-state index contributed by atoms with van der Waals surface area (Å²) in [5.41, 5.74) is 5.84. The molecule has 0 radical (unpaired) electrons. The first-order valence-electron chi connectivity index (χ1n) is 5.85. The molecule has 3 heterocycles. The van der Waals surface area contributed by atoms with Crippen LogP contribution in [0, 0.1) is 5.92 Å². The lowest BCUT2D eigenvalue weighted by atomic mass is 9.83. The fourth-order valence-corrected chi connectivity index (χ4v) is 3.02. The lowest BCUT2D eigenvalue weighted by molar-refractivity contribution is 0.0153. The summed E-state index contributed by atoms with van der Waals surface area (Å²) >= 11 is 0. The van der Waals surface area contributed by atoms with Crippen molar-refractivity contribution in [1.82, 2.24) is 9.80 Å². The molecule has 3 heteroatoms. The van der Waals surface area contributed by atoms with Crippen molar-refractivity contribution in [3.63, 3.8) is 0 Å². The first-order valence-corrected chi connectivity index (χ1v) is 5.85. The SMILES string of the molecule is CC(N)CN(C)C1CN2CCC1CC2. The van der Waals surface area contributed by atoms with Crippen molar-refractivity contribution < 1.29 is 0 Å². The molecule has 0 aromatic carbocycles. The molecule has 3 nitrogen and oxygen atoms in total. The highest BCUT2D eigenvalue weighted by Crippen LogP contribution is 2.30. The molecule has 0 aliphatic carbocycles. The standard InChI is InChI=1S/C11H23N3/c1-9(12)7-13(2)11-8-14-5-3-10(11)4-6-14/h9-11H,3-8,12H2,1-2H3. The summed E-state index contributed by atoms with van der Waals surface area (Å²) in [7, 11) is 2.23. The first-order chi connectivity index (χ1) is 6.66. The van der Waals surface area contributed by atoms with Gasteiger partial charge in [0.1, 0.15) is 0 Å². The molecular weight excluding hydrogens is 174 g/mol. The zero-order valence-electron chi connectivity index (χ0n) is 9.45. The Labute approximate surface area is 87.2 Å². The van der Waals surface area contributed by atoms with E-state index in [9.17, 15) is 0 Å². The van der Waals surface area contributed by atoms with Crippen LogP contribution >= 0.6 is 0 Å². The summed E-state index contributed by atoms with van der Waals surface area (Å²) in [6.07, 6.45) is 2.79. The zero-order chi connectivity index (χ0) is 10.1. The minimum absolute atomic E-state index is 0.301. The minimum atomic E-state index is 0.301. The monoisotopic (exact) mass is 197 g/mol. The average Bonchev–Trinajstić information content (AvgIpc) is 2.18. The van der Waals surface area contributed by atoms with Crippen LogP contribution < -0.4 is 5.73 Å². The molecule has 3 rings (SSSR count). The number of fused-ring (bicyclic) bond motifs is 3. The van der Waals surface area contributed by atoms with Crippen LogP contribution in [-0.2, 0) is 0 Å². The second-order valence-electron chi connectivity index (χ2n) is 5.12. The molecule has 3 saturated heterocycles. The van der Waals surface area contributed by atoms with E-state index in [2.05, 4.69) is 23.8 Å². The van der Waals surface area contributed by atoms with E-state index in [0.717, 1.165) is 18.5 Å². The smallest absolute Gasteiger partial charge is 0.0249 e. The van der Waals surface area contributed by atoms with Crippen molar-refractivity contribution in [2.75, 3.05) is 33.2 Å². The molecule has 0 aromatic heterocycles. The Morgan fingerprint density at radius 3 is 2.50 bits per heavy atom. The largest absolute Gasteiger partial charge is 0.327 e. The molecule has 0 spiro atoms. The second kappa shape index (κ2) is 4.17. The van der Waals surface area contributed by atoms with Gasteiger partial charge < -0.3 is 15.5 Å². The van der Waals surface area contributed by atoms with E-state index >= 15 is 0 Å². The molecule has 2 unspecified atom stereocenters. The van der Waals surface area contributed by atoms with Crippen LogP contribution in [-0.4, -0.2) is 55.1 Å². The maximum Gasteiger partial charge on any atom is 0.0249 e. The lowest BCUT2D eigenvalue weighted by Gasteiger charge is -2.48. The molecule has 3 aliphatic heterocycles. The fourth-order valence-electron chi connectivity index (χ4n) is 3.02. The predicted octanol–water partition coefficient (Wildman–Crippen LogP) is 0.360. The number of piperidine rings is 3. The number of nitrogens with zero attached hydrogens (tertiary/aromatic N) is 2. The van der Waals surface area contributed by atoms with E-state index in [4.69, 9.17) is 5.73 Å². The molecule has 0 saturated carbocycles. The fraction of sp³-hybridized carbons (Fsp3) is 1.00. The van der Waals surface area contributed by atoms with Gasteiger partial charge in [0.2, 0.25) is 0 Å². The minimum Gasteiger partial charge on any atom is -0.327 e. The molecule has 0 aromatic rings. The third kappa shape index (κ3) is 2.10. The molecule has 14 heavy (non-hydrogen) atoms. The van der Waals surface area contributed by atoms with Crippen LogP contribution in [0.5, 0.6) is 0 Å². The van der Waals surface area contributed by atoms with E-state index in [1.54, 1.807) is 0 Å². The highest BCUT2D eigenvalue weighted by atomic mass is 15.2. The quantitative estimate of drug-likeness (QED) is 0.709. The molecule has 3 aliphatic rings. The summed E-state index contributed by atoms with van der Waals surface area (Å²) in [6, 6.07) is 1.07. The zero-order valence-corrected chi connectivity index (χ0v) is 9.45. The van der Waals surface area contributed by atoms with Crippen LogP contribution in [0.25, 0.3) is 0 Å². The van der Waals surface area contributed by atoms with Crippen molar-refractivity contribution in [1.29, 1.82) is 0 Å². The number of likely N-dealkylation sites (N-methyl/N-ethyl adjacent to an activating group) is 1. The maximum absolute atomic E-state index is 5.84. The van der Waals surface area contributed by atoms with E-state index in [1.165, 1.54) is 32.5 Å². The van der Waals surface area contributed by atoms with Gasteiger partial charge in [0.25, 0.3) is 0 Å². The summed E-state index contributed by atoms with van der Waals surface area (Å²) in [5, 5.41) is 0. The van der Waals surface area contributed by atoms with Gasteiger partial charge in [-0.25, -0.2) is 0 Å². The van der Waals surface area contributed by atoms with Gasteiger partial charge in [0, 0.05) is 25.2 Å². The molecule has 2 N–H and O–H groups in total. The van der Waals surface area contributed by atoms with Crippen LogP contribution in [0.1, 0.15) is 19.8 Å². The third-order valence-electron chi connectivity index (χ3n) is 3.76. The molecule has 0 amide bonds. The molecule has 3 fully saturated rings. The second-order valence-corrected chi connectivity index (χ2v) is 5.12. The average molecular weight is 197 g/mol. The normalized spacial score (nSPS) is 39.0. The van der Waals surface area contributed by atoms with Gasteiger partial charge in [-0.05, 0) is 45.8 Å². The number of rotatable bonds is 3. The highest BCUT2D eigenvalue weighted by Gasteiger charge is 2.36. The van der Waals surface area contributed by atoms with Gasteiger partial charge in [-0.15, -0.1) is 0 Å². The topological polar surface area (TPSA) is 32.5 Å². The number of nitrogens with two attached hydrogens (primary N) is 1. The lowest BCUT2D eigenvalue weighted by Crippen LogP contribution is -2.57. The van der Waals surface area contributed by atoms with Crippen LogP contribution in [0.2, 0.25) is 0 Å². The van der Waals surface area contributed by atoms with Gasteiger partial charge in [0.05, 0.1) is 0 Å². The van der Waals surface area contributed by atoms with Crippen molar-refractivity contribution in [3.8, 4) is 0 Å². The summed E-state index contributed by atoms with van der Waals surface area (Å²) in [5.74, 6) is 0.934. The van der Waals surface area contributed by atoms with Crippen LogP contribution in [0.15, 0.2) is 0 Å². The van der Waals surface area contributed by atoms with Crippen molar-refractivity contribution in [2.45, 2.75) is 31.8 Å². The summed E-state index contributed by atoms with van der Waals surface area (Å²) in [4.78, 5) is 5.07. The Bertz CT molecular complexity index is 185. The Kier molecular flexibility index (Phi) is 3.10. The van der Waals surface area contributed by atoms with E-state index in [-0.39, 0.29) is 0 Å². The van der Waals surface area contributed by atoms with Crippen molar-refractivity contribution >= 4 is 0 Å². The third-order valence-corrected chi connectivity index (χ3v) is 3.76. The molecular formula is C11H23N3. The van der Waals surface area contributed by atoms with Gasteiger partial charge in [-0.2, -0.15) is 0 Å². The molecule has 2 bridgehead atoms. The number of hydrogen-bond acceptors (Lipinski definition) is 3. The Morgan fingerprint density at radius 2 is 2.07 bits per heavy atom. The van der Waals surface area contributed by atoms with Crippen molar-refractivity contribution in [3.05, 3.63) is 0 Å². The Balaban J connectivity index is 1.91. The van der Waals surface area contributed by atoms with Gasteiger partial charge in [0.15, 0.2) is 0 Å². The van der Waals surface area contributed by atoms with E-state index in [1.807, 2.05) is 0 Å². The van der Waals surface area contributed by atoms with Gasteiger partial charge in [-0.3, -0.25) is 0 Å². The molecule has 2 atom stereocenters. The highest BCUT2D eigenvalue weighted by molar-refractivity contribution is 4.91. The molecule has 82 valence electrons. The Hall–Kier alpha value is -0.120. The van der Waals surface area contributed by atoms with Gasteiger partial charge in [-0.1, -0.05) is 0 Å². The van der Waals surface area contributed by atoms with Crippen molar-refractivity contribution in [2.24, 2.45) is 11.7 Å². The number of hydrogen-bond donors (Lipinski definition) is 1. The summed E-state index contributed by atoms with van der Waals surface area (Å²) < 4.78 is 0. The Morgan fingerprint density at radius 1 is 1.43 bits per heavy atom. The van der Waals surface area contributed by atoms with E-state index < -0.39 is 0 Å².